The molecule has 3 rings (SSSR count). The predicted molar refractivity (Wildman–Crippen MR) is 93.9 cm³/mol. The lowest BCUT2D eigenvalue weighted by Crippen LogP contribution is -2.29. The van der Waals surface area contributed by atoms with Gasteiger partial charge < -0.3 is 4.90 Å². The van der Waals surface area contributed by atoms with Crippen LogP contribution in [-0.4, -0.2) is 32.6 Å². The van der Waals surface area contributed by atoms with E-state index < -0.39 is 0 Å². The normalized spacial score (nSPS) is 12.1. The van der Waals surface area contributed by atoms with Crippen LogP contribution in [0.15, 0.2) is 52.8 Å². The number of rotatable bonds is 4. The molecular weight excluding hydrogens is 376 g/mol. The highest BCUT2D eigenvalue weighted by molar-refractivity contribution is 9.11. The number of hydrogen-bond acceptors (Lipinski definition) is 4. The summed E-state index contributed by atoms with van der Waals surface area (Å²) in [6.45, 7) is 2.02. The van der Waals surface area contributed by atoms with E-state index in [4.69, 9.17) is 0 Å². The van der Waals surface area contributed by atoms with E-state index in [-0.39, 0.29) is 11.9 Å². The fourth-order valence-electron chi connectivity index (χ4n) is 2.25. The Morgan fingerprint density at radius 3 is 2.57 bits per heavy atom. The average Bonchev–Trinajstić information content (AvgIpc) is 3.24. The van der Waals surface area contributed by atoms with Crippen LogP contribution in [0, 0.1) is 0 Å². The number of halogens is 1. The van der Waals surface area contributed by atoms with Crippen molar-refractivity contribution in [2.75, 3.05) is 7.05 Å². The Hall–Kier alpha value is -1.99. The molecule has 7 heteroatoms. The van der Waals surface area contributed by atoms with E-state index in [1.165, 1.54) is 17.7 Å². The van der Waals surface area contributed by atoms with E-state index in [0.717, 1.165) is 19.9 Å². The summed E-state index contributed by atoms with van der Waals surface area (Å²) in [5, 5.41) is 4.10. The number of carbonyl (C=O) groups excluding carboxylic acids is 1. The van der Waals surface area contributed by atoms with E-state index in [9.17, 15) is 4.79 Å². The molecule has 0 aliphatic carbocycles. The van der Waals surface area contributed by atoms with Crippen molar-refractivity contribution < 1.29 is 4.79 Å². The Kier molecular flexibility index (Phi) is 4.58. The van der Waals surface area contributed by atoms with Crippen LogP contribution < -0.4 is 0 Å². The van der Waals surface area contributed by atoms with E-state index in [1.807, 2.05) is 50.4 Å². The third kappa shape index (κ3) is 3.35. The zero-order valence-electron chi connectivity index (χ0n) is 12.7. The first kappa shape index (κ1) is 15.9. The van der Waals surface area contributed by atoms with Gasteiger partial charge >= 0.3 is 0 Å². The molecule has 2 aromatic heterocycles. The number of hydrogen-bond donors (Lipinski definition) is 0. The van der Waals surface area contributed by atoms with Gasteiger partial charge in [-0.05, 0) is 52.7 Å². The minimum atomic E-state index is -0.0202. The van der Waals surface area contributed by atoms with Crippen molar-refractivity contribution in [2.24, 2.45) is 0 Å². The molecule has 0 unspecified atom stereocenters. The number of thiophene rings is 1. The summed E-state index contributed by atoms with van der Waals surface area (Å²) < 4.78 is 2.66. The fourth-order valence-corrected chi connectivity index (χ4v) is 3.62. The average molecular weight is 391 g/mol. The Bertz CT molecular complexity index is 798. The fraction of sp³-hybridized carbons (Fsp3) is 0.188. The van der Waals surface area contributed by atoms with Gasteiger partial charge in [0, 0.05) is 7.05 Å². The molecule has 2 heterocycles. The topological polar surface area (TPSA) is 51.0 Å². The van der Waals surface area contributed by atoms with Gasteiger partial charge in [-0.1, -0.05) is 12.1 Å². The van der Waals surface area contributed by atoms with E-state index in [2.05, 4.69) is 26.0 Å². The third-order valence-electron chi connectivity index (χ3n) is 3.74. The smallest absolute Gasteiger partial charge is 0.264 e. The van der Waals surface area contributed by atoms with Gasteiger partial charge in [0.15, 0.2) is 0 Å². The lowest BCUT2D eigenvalue weighted by molar-refractivity contribution is 0.0747. The first-order chi connectivity index (χ1) is 11.1. The second-order valence-corrected chi connectivity index (χ2v) is 7.59. The van der Waals surface area contributed by atoms with Crippen molar-refractivity contribution in [3.8, 4) is 5.69 Å². The number of nitrogens with zero attached hydrogens (tertiary/aromatic N) is 4. The number of benzene rings is 1. The Morgan fingerprint density at radius 2 is 2.00 bits per heavy atom. The number of carbonyl (C=O) groups is 1. The van der Waals surface area contributed by atoms with Gasteiger partial charge in [0.25, 0.3) is 5.91 Å². The van der Waals surface area contributed by atoms with Crippen LogP contribution in [0.1, 0.15) is 28.2 Å². The highest BCUT2D eigenvalue weighted by atomic mass is 79.9. The maximum atomic E-state index is 12.5. The van der Waals surface area contributed by atoms with Gasteiger partial charge in [-0.3, -0.25) is 4.79 Å². The molecule has 0 spiro atoms. The first-order valence-corrected chi connectivity index (χ1v) is 8.64. The molecule has 5 nitrogen and oxygen atoms in total. The van der Waals surface area contributed by atoms with Crippen molar-refractivity contribution in [1.29, 1.82) is 0 Å². The molecule has 118 valence electrons. The van der Waals surface area contributed by atoms with Crippen molar-refractivity contribution >= 4 is 33.2 Å². The zero-order valence-corrected chi connectivity index (χ0v) is 15.1. The molecule has 1 atom stereocenters. The van der Waals surface area contributed by atoms with Gasteiger partial charge in [0.05, 0.1) is 20.4 Å². The highest BCUT2D eigenvalue weighted by Gasteiger charge is 2.20. The quantitative estimate of drug-likeness (QED) is 0.677. The minimum Gasteiger partial charge on any atom is -0.334 e. The van der Waals surface area contributed by atoms with E-state index >= 15 is 0 Å². The van der Waals surface area contributed by atoms with Gasteiger partial charge in [0.2, 0.25) is 0 Å². The molecule has 0 aliphatic heterocycles. The second kappa shape index (κ2) is 6.64. The largest absolute Gasteiger partial charge is 0.334 e. The minimum absolute atomic E-state index is 0.0202. The van der Waals surface area contributed by atoms with E-state index in [0.29, 0.717) is 0 Å². The van der Waals surface area contributed by atoms with Crippen LogP contribution in [0.3, 0.4) is 0 Å². The molecule has 1 amide bonds. The molecule has 0 aliphatic rings. The molecule has 0 saturated carbocycles. The Balaban J connectivity index is 1.77. The summed E-state index contributed by atoms with van der Waals surface area (Å²) in [4.78, 5) is 18.9. The summed E-state index contributed by atoms with van der Waals surface area (Å²) in [7, 11) is 1.83. The SMILES string of the molecule is C[C@H](c1ccc(-n2cncn2)cc1)N(C)C(=O)c1ccc(Br)s1. The predicted octanol–water partition coefficient (Wildman–Crippen LogP) is 3.92. The van der Waals surface area contributed by atoms with Crippen LogP contribution in [0.5, 0.6) is 0 Å². The van der Waals surface area contributed by atoms with Crippen LogP contribution in [-0.2, 0) is 0 Å². The molecule has 23 heavy (non-hydrogen) atoms. The van der Waals surface area contributed by atoms with Crippen molar-refractivity contribution in [3.05, 3.63) is 63.3 Å². The van der Waals surface area contributed by atoms with Crippen LogP contribution in [0.25, 0.3) is 5.69 Å². The summed E-state index contributed by atoms with van der Waals surface area (Å²) in [5.41, 5.74) is 2.01. The molecule has 1 aromatic carbocycles. The molecule has 0 saturated heterocycles. The summed E-state index contributed by atoms with van der Waals surface area (Å²) >= 11 is 4.84. The molecule has 3 aromatic rings. The van der Waals surface area contributed by atoms with Crippen molar-refractivity contribution in [3.63, 3.8) is 0 Å². The lowest BCUT2D eigenvalue weighted by atomic mass is 10.1. The van der Waals surface area contributed by atoms with Gasteiger partial charge in [-0.2, -0.15) is 5.10 Å². The van der Waals surface area contributed by atoms with Crippen LogP contribution in [0.4, 0.5) is 0 Å². The second-order valence-electron chi connectivity index (χ2n) is 5.13. The molecule has 0 fully saturated rings. The zero-order chi connectivity index (χ0) is 16.4. The molecule has 0 bridgehead atoms. The lowest BCUT2D eigenvalue weighted by Gasteiger charge is -2.25. The van der Waals surface area contributed by atoms with E-state index in [1.54, 1.807) is 15.9 Å². The van der Waals surface area contributed by atoms with Crippen molar-refractivity contribution in [1.82, 2.24) is 19.7 Å². The summed E-state index contributed by atoms with van der Waals surface area (Å²) in [6, 6.07) is 11.7. The number of aromatic nitrogens is 3. The maximum Gasteiger partial charge on any atom is 0.264 e. The maximum absolute atomic E-state index is 12.5. The van der Waals surface area contributed by atoms with Crippen molar-refractivity contribution in [2.45, 2.75) is 13.0 Å². The third-order valence-corrected chi connectivity index (χ3v) is 5.36. The summed E-state index contributed by atoms with van der Waals surface area (Å²) in [5.74, 6) is 0.0218. The highest BCUT2D eigenvalue weighted by Crippen LogP contribution is 2.27. The standard InChI is InChI=1S/C16H15BrN4OS/c1-11(20(2)16(22)14-7-8-15(17)23-14)12-3-5-13(6-4-12)21-10-18-9-19-21/h3-11H,1-2H3/t11-/m1/s1. The van der Waals surface area contributed by atoms with Gasteiger partial charge in [-0.15, -0.1) is 11.3 Å². The van der Waals surface area contributed by atoms with Crippen LogP contribution >= 0.6 is 27.3 Å². The Labute approximate surface area is 146 Å². The number of amides is 1. The molecular formula is C16H15BrN4OS. The molecule has 0 radical (unpaired) electrons. The summed E-state index contributed by atoms with van der Waals surface area (Å²) in [6.07, 6.45) is 3.16. The molecule has 0 N–H and O–H groups in total. The van der Waals surface area contributed by atoms with Crippen LogP contribution in [0.2, 0.25) is 0 Å². The van der Waals surface area contributed by atoms with Gasteiger partial charge in [0.1, 0.15) is 12.7 Å². The van der Waals surface area contributed by atoms with Gasteiger partial charge in [-0.25, -0.2) is 9.67 Å². The Morgan fingerprint density at radius 1 is 1.26 bits per heavy atom. The first-order valence-electron chi connectivity index (χ1n) is 7.03. The monoisotopic (exact) mass is 390 g/mol.